The van der Waals surface area contributed by atoms with Crippen molar-refractivity contribution in [2.75, 3.05) is 18.0 Å². The van der Waals surface area contributed by atoms with Gasteiger partial charge >= 0.3 is 6.01 Å². The fraction of sp³-hybridized carbons (Fsp3) is 0.400. The van der Waals surface area contributed by atoms with Crippen LogP contribution in [-0.4, -0.2) is 47.6 Å². The molecule has 1 aromatic heterocycles. The maximum Gasteiger partial charge on any atom is 0.318 e. The van der Waals surface area contributed by atoms with Gasteiger partial charge in [0.2, 0.25) is 0 Å². The number of anilines is 1. The number of hydrogen-bond acceptors (Lipinski definition) is 6. The van der Waals surface area contributed by atoms with Gasteiger partial charge in [0.15, 0.2) is 5.82 Å². The molecule has 0 saturated carbocycles. The number of nitrogens with one attached hydrogen (secondary N) is 1. The minimum atomic E-state index is 0.145. The second-order valence-corrected chi connectivity index (χ2v) is 6.33. The molecular formula is C15H16BrN5O. The lowest BCUT2D eigenvalue weighted by molar-refractivity contribution is 0.204. The SMILES string of the molecule is Brc1cnc(OC2CCNC2)nc1N1C=NC2C=CC=CC21. The molecule has 1 fully saturated rings. The standard InChI is InChI=1S/C15H16BrN5O/c16-11-8-18-15(22-10-5-6-17-7-10)20-14(11)21-9-19-12-3-1-2-4-13(12)21/h1-4,8-10,12-13,17H,5-7H2. The molecule has 0 aromatic carbocycles. The van der Waals surface area contributed by atoms with Crippen molar-refractivity contribution < 1.29 is 4.74 Å². The van der Waals surface area contributed by atoms with Gasteiger partial charge in [0.05, 0.1) is 29.1 Å². The molecule has 3 heterocycles. The van der Waals surface area contributed by atoms with E-state index in [0.29, 0.717) is 6.01 Å². The van der Waals surface area contributed by atoms with Crippen LogP contribution in [0.4, 0.5) is 5.82 Å². The van der Waals surface area contributed by atoms with Gasteiger partial charge in [-0.15, -0.1) is 0 Å². The summed E-state index contributed by atoms with van der Waals surface area (Å²) >= 11 is 3.53. The first-order chi connectivity index (χ1) is 10.8. The van der Waals surface area contributed by atoms with Crippen molar-refractivity contribution in [3.05, 3.63) is 35.0 Å². The van der Waals surface area contributed by atoms with Gasteiger partial charge in [-0.05, 0) is 28.9 Å². The number of aromatic nitrogens is 2. The predicted octanol–water partition coefficient (Wildman–Crippen LogP) is 1.69. The van der Waals surface area contributed by atoms with E-state index in [1.54, 1.807) is 6.20 Å². The highest BCUT2D eigenvalue weighted by molar-refractivity contribution is 9.10. The first kappa shape index (κ1) is 13.9. The van der Waals surface area contributed by atoms with E-state index in [2.05, 4.69) is 53.3 Å². The number of nitrogens with zero attached hydrogens (tertiary/aromatic N) is 4. The minimum absolute atomic E-state index is 0.145. The first-order valence-electron chi connectivity index (χ1n) is 7.38. The largest absolute Gasteiger partial charge is 0.459 e. The van der Waals surface area contributed by atoms with Crippen molar-refractivity contribution in [1.29, 1.82) is 0 Å². The Kier molecular flexibility index (Phi) is 3.67. The van der Waals surface area contributed by atoms with Crippen molar-refractivity contribution in [3.63, 3.8) is 0 Å². The topological polar surface area (TPSA) is 62.6 Å². The molecule has 6 nitrogen and oxygen atoms in total. The van der Waals surface area contributed by atoms with Gasteiger partial charge in [0.25, 0.3) is 0 Å². The van der Waals surface area contributed by atoms with Gasteiger partial charge in [0, 0.05) is 6.54 Å². The lowest BCUT2D eigenvalue weighted by Crippen LogP contribution is -2.35. The normalized spacial score (nSPS) is 29.1. The Hall–Kier alpha value is -1.73. The van der Waals surface area contributed by atoms with E-state index in [1.165, 1.54) is 0 Å². The second kappa shape index (κ2) is 5.81. The quantitative estimate of drug-likeness (QED) is 0.887. The molecule has 2 aliphatic heterocycles. The molecule has 1 saturated heterocycles. The zero-order valence-corrected chi connectivity index (χ0v) is 13.5. The van der Waals surface area contributed by atoms with Crippen LogP contribution in [0.15, 0.2) is 40.0 Å². The summed E-state index contributed by atoms with van der Waals surface area (Å²) in [6.07, 6.45) is 13.0. The molecule has 1 aliphatic carbocycles. The highest BCUT2D eigenvalue weighted by Crippen LogP contribution is 2.31. The molecule has 3 aliphatic rings. The fourth-order valence-electron chi connectivity index (χ4n) is 2.86. The van der Waals surface area contributed by atoms with Crippen LogP contribution in [0.2, 0.25) is 0 Å². The Morgan fingerprint density at radius 3 is 3.09 bits per heavy atom. The molecule has 0 radical (unpaired) electrons. The van der Waals surface area contributed by atoms with Gasteiger partial charge in [0.1, 0.15) is 6.10 Å². The van der Waals surface area contributed by atoms with Crippen LogP contribution < -0.4 is 15.0 Å². The van der Waals surface area contributed by atoms with Crippen LogP contribution in [0.5, 0.6) is 6.01 Å². The molecule has 4 rings (SSSR count). The Balaban J connectivity index is 1.59. The summed E-state index contributed by atoms with van der Waals surface area (Å²) in [4.78, 5) is 15.4. The Morgan fingerprint density at radius 2 is 2.23 bits per heavy atom. The lowest BCUT2D eigenvalue weighted by Gasteiger charge is -2.25. The molecule has 1 aromatic rings. The average molecular weight is 362 g/mol. The highest BCUT2D eigenvalue weighted by Gasteiger charge is 2.31. The van der Waals surface area contributed by atoms with Gasteiger partial charge in [-0.3, -0.25) is 4.99 Å². The van der Waals surface area contributed by atoms with Crippen molar-refractivity contribution >= 4 is 28.1 Å². The van der Waals surface area contributed by atoms with E-state index in [-0.39, 0.29) is 18.2 Å². The molecule has 114 valence electrons. The van der Waals surface area contributed by atoms with Crippen molar-refractivity contribution in [1.82, 2.24) is 15.3 Å². The summed E-state index contributed by atoms with van der Waals surface area (Å²) in [5, 5.41) is 3.27. The second-order valence-electron chi connectivity index (χ2n) is 5.48. The smallest absolute Gasteiger partial charge is 0.318 e. The third kappa shape index (κ3) is 2.55. The number of rotatable bonds is 3. The number of halogens is 1. The number of hydrogen-bond donors (Lipinski definition) is 1. The van der Waals surface area contributed by atoms with Crippen molar-refractivity contribution in [2.45, 2.75) is 24.6 Å². The lowest BCUT2D eigenvalue weighted by atomic mass is 10.0. The van der Waals surface area contributed by atoms with Crippen molar-refractivity contribution in [2.24, 2.45) is 4.99 Å². The summed E-state index contributed by atoms with van der Waals surface area (Å²) in [6.45, 7) is 1.83. The van der Waals surface area contributed by atoms with Crippen LogP contribution in [0.3, 0.4) is 0 Å². The molecule has 0 spiro atoms. The van der Waals surface area contributed by atoms with E-state index in [4.69, 9.17) is 4.74 Å². The monoisotopic (exact) mass is 361 g/mol. The molecule has 0 bridgehead atoms. The number of fused-ring (bicyclic) bond motifs is 1. The molecule has 22 heavy (non-hydrogen) atoms. The molecule has 3 unspecified atom stereocenters. The Bertz CT molecular complexity index is 653. The van der Waals surface area contributed by atoms with Crippen LogP contribution >= 0.6 is 15.9 Å². The zero-order chi connectivity index (χ0) is 14.9. The van der Waals surface area contributed by atoms with Gasteiger partial charge in [-0.2, -0.15) is 4.98 Å². The van der Waals surface area contributed by atoms with Gasteiger partial charge in [-0.25, -0.2) is 4.98 Å². The van der Waals surface area contributed by atoms with E-state index >= 15 is 0 Å². The third-order valence-electron chi connectivity index (χ3n) is 4.00. The summed E-state index contributed by atoms with van der Waals surface area (Å²) in [5.41, 5.74) is 0. The maximum absolute atomic E-state index is 5.86. The molecular weight excluding hydrogens is 346 g/mol. The van der Waals surface area contributed by atoms with E-state index < -0.39 is 0 Å². The van der Waals surface area contributed by atoms with Crippen molar-refractivity contribution in [3.8, 4) is 6.01 Å². The Labute approximate surface area is 137 Å². The molecule has 0 amide bonds. The van der Waals surface area contributed by atoms with Crippen LogP contribution in [0, 0.1) is 0 Å². The van der Waals surface area contributed by atoms with Gasteiger partial charge in [-0.1, -0.05) is 24.3 Å². The van der Waals surface area contributed by atoms with E-state index in [9.17, 15) is 0 Å². The molecule has 7 heteroatoms. The molecule has 3 atom stereocenters. The average Bonchev–Trinajstić information content (AvgIpc) is 3.19. The minimum Gasteiger partial charge on any atom is -0.459 e. The van der Waals surface area contributed by atoms with E-state index in [0.717, 1.165) is 29.8 Å². The van der Waals surface area contributed by atoms with Gasteiger partial charge < -0.3 is 15.0 Å². The zero-order valence-electron chi connectivity index (χ0n) is 11.9. The number of ether oxygens (including phenoxy) is 1. The third-order valence-corrected chi connectivity index (χ3v) is 4.56. The van der Waals surface area contributed by atoms with Crippen LogP contribution in [0.1, 0.15) is 6.42 Å². The summed E-state index contributed by atoms with van der Waals surface area (Å²) in [7, 11) is 0. The highest BCUT2D eigenvalue weighted by atomic mass is 79.9. The van der Waals surface area contributed by atoms with Crippen LogP contribution in [-0.2, 0) is 0 Å². The summed E-state index contributed by atoms with van der Waals surface area (Å²) in [6, 6.07) is 0.728. The summed E-state index contributed by atoms with van der Waals surface area (Å²) in [5.74, 6) is 0.784. The number of aliphatic imine (C=N–C) groups is 1. The molecule has 1 N–H and O–H groups in total. The number of allylic oxidation sites excluding steroid dienone is 2. The first-order valence-corrected chi connectivity index (χ1v) is 8.17. The van der Waals surface area contributed by atoms with E-state index in [1.807, 2.05) is 18.5 Å². The summed E-state index contributed by atoms with van der Waals surface area (Å²) < 4.78 is 6.69. The Morgan fingerprint density at radius 1 is 1.32 bits per heavy atom. The van der Waals surface area contributed by atoms with Crippen LogP contribution in [0.25, 0.3) is 0 Å². The maximum atomic E-state index is 5.86. The fourth-order valence-corrected chi connectivity index (χ4v) is 3.25. The predicted molar refractivity (Wildman–Crippen MR) is 88.5 cm³/mol.